The summed E-state index contributed by atoms with van der Waals surface area (Å²) in [6, 6.07) is -0.197. The minimum Gasteiger partial charge on any atom is -0.479 e. The predicted octanol–water partition coefficient (Wildman–Crippen LogP) is -0.659. The van der Waals surface area contributed by atoms with E-state index in [1.54, 1.807) is 13.8 Å². The Morgan fingerprint density at radius 1 is 1.33 bits per heavy atom. The summed E-state index contributed by atoms with van der Waals surface area (Å²) < 4.78 is 5.15. The van der Waals surface area contributed by atoms with Crippen LogP contribution in [-0.2, 0) is 19.1 Å². The highest BCUT2D eigenvalue weighted by atomic mass is 16.5. The summed E-state index contributed by atoms with van der Waals surface area (Å²) in [5.74, 6) is -2.06. The van der Waals surface area contributed by atoms with Crippen LogP contribution in [0, 0.1) is 0 Å². The van der Waals surface area contributed by atoms with Crippen molar-refractivity contribution in [1.82, 2.24) is 4.90 Å². The number of hydrogen-bond acceptors (Lipinski definition) is 4. The van der Waals surface area contributed by atoms with Gasteiger partial charge < -0.3 is 20.5 Å². The number of carbonyl (C=O) groups is 3. The maximum absolute atomic E-state index is 12.1. The van der Waals surface area contributed by atoms with E-state index in [-0.39, 0.29) is 18.5 Å². The van der Waals surface area contributed by atoms with E-state index in [0.717, 1.165) is 0 Å². The summed E-state index contributed by atoms with van der Waals surface area (Å²) in [7, 11) is 0. The van der Waals surface area contributed by atoms with Gasteiger partial charge >= 0.3 is 5.97 Å². The van der Waals surface area contributed by atoms with Crippen LogP contribution in [0.2, 0.25) is 0 Å². The Morgan fingerprint density at radius 3 is 2.28 bits per heavy atom. The number of primary amides is 1. The molecule has 18 heavy (non-hydrogen) atoms. The fourth-order valence-electron chi connectivity index (χ4n) is 1.87. The van der Waals surface area contributed by atoms with Gasteiger partial charge in [0.1, 0.15) is 6.10 Å². The second-order valence-corrected chi connectivity index (χ2v) is 4.56. The second kappa shape index (κ2) is 5.81. The number of carboxylic acid groups (broad SMARTS) is 1. The third-order valence-electron chi connectivity index (χ3n) is 2.80. The van der Waals surface area contributed by atoms with Gasteiger partial charge in [-0.15, -0.1) is 0 Å². The number of nitrogens with zero attached hydrogens (tertiary/aromatic N) is 1. The second-order valence-electron chi connectivity index (χ2n) is 4.56. The topological polar surface area (TPSA) is 110 Å². The quantitative estimate of drug-likeness (QED) is 0.680. The highest BCUT2D eigenvalue weighted by Gasteiger charge is 2.37. The Hall–Kier alpha value is -1.63. The normalized spacial score (nSPS) is 23.1. The molecule has 0 aliphatic carbocycles. The largest absolute Gasteiger partial charge is 0.479 e. The summed E-state index contributed by atoms with van der Waals surface area (Å²) in [4.78, 5) is 35.0. The molecule has 1 heterocycles. The number of carboxylic acids is 1. The van der Waals surface area contributed by atoms with E-state index >= 15 is 0 Å². The van der Waals surface area contributed by atoms with Crippen molar-refractivity contribution in [3.05, 3.63) is 0 Å². The van der Waals surface area contributed by atoms with Gasteiger partial charge in [0.05, 0.1) is 6.54 Å². The maximum Gasteiger partial charge on any atom is 0.332 e. The molecule has 0 spiro atoms. The van der Waals surface area contributed by atoms with Gasteiger partial charge in [-0.2, -0.15) is 0 Å². The van der Waals surface area contributed by atoms with Crippen molar-refractivity contribution in [2.45, 2.75) is 44.9 Å². The molecule has 0 bridgehead atoms. The molecule has 1 saturated heterocycles. The number of rotatable bonds is 5. The number of ether oxygens (including phenoxy) is 1. The van der Waals surface area contributed by atoms with Crippen LogP contribution < -0.4 is 5.73 Å². The zero-order valence-electron chi connectivity index (χ0n) is 10.5. The lowest BCUT2D eigenvalue weighted by molar-refractivity contribution is -0.156. The molecule has 0 unspecified atom stereocenters. The number of aliphatic carboxylic acids is 1. The van der Waals surface area contributed by atoms with E-state index in [9.17, 15) is 14.4 Å². The zero-order valence-corrected chi connectivity index (χ0v) is 10.5. The van der Waals surface area contributed by atoms with Crippen molar-refractivity contribution in [3.8, 4) is 0 Å². The van der Waals surface area contributed by atoms with Gasteiger partial charge in [0, 0.05) is 6.04 Å². The highest BCUT2D eigenvalue weighted by Crippen LogP contribution is 2.22. The molecule has 7 nitrogen and oxygen atoms in total. The Bertz CT molecular complexity index is 355. The molecule has 0 saturated carbocycles. The molecule has 1 rings (SSSR count). The molecule has 1 aliphatic rings. The third kappa shape index (κ3) is 3.43. The number of amides is 2. The first-order valence-corrected chi connectivity index (χ1v) is 5.80. The number of hydrogen-bond donors (Lipinski definition) is 2. The van der Waals surface area contributed by atoms with E-state index in [1.165, 1.54) is 4.90 Å². The van der Waals surface area contributed by atoms with Gasteiger partial charge in [-0.3, -0.25) is 9.59 Å². The van der Waals surface area contributed by atoms with Crippen molar-refractivity contribution in [2.24, 2.45) is 5.73 Å². The Balaban J connectivity index is 2.67. The molecule has 0 aromatic rings. The standard InChI is InChI=1S/C11H18N2O5/c1-6(2)13(5-9(12)14)10(15)7-3-4-8(18-7)11(16)17/h6-8H,3-5H2,1-2H3,(H2,12,14)(H,16,17)/t7-,8+/m0/s1. The van der Waals surface area contributed by atoms with Crippen LogP contribution in [-0.4, -0.2) is 52.6 Å². The molecular weight excluding hydrogens is 240 g/mol. The van der Waals surface area contributed by atoms with Crippen molar-refractivity contribution >= 4 is 17.8 Å². The number of carbonyl (C=O) groups excluding carboxylic acids is 2. The minimum atomic E-state index is -1.07. The van der Waals surface area contributed by atoms with E-state index in [0.29, 0.717) is 12.8 Å². The van der Waals surface area contributed by atoms with E-state index in [1.807, 2.05) is 0 Å². The first kappa shape index (κ1) is 14.4. The molecule has 1 aliphatic heterocycles. The van der Waals surface area contributed by atoms with E-state index in [2.05, 4.69) is 0 Å². The molecule has 0 aromatic carbocycles. The van der Waals surface area contributed by atoms with Gasteiger partial charge in [0.15, 0.2) is 6.10 Å². The van der Waals surface area contributed by atoms with Crippen LogP contribution in [0.3, 0.4) is 0 Å². The zero-order chi connectivity index (χ0) is 13.9. The van der Waals surface area contributed by atoms with Crippen molar-refractivity contribution in [3.63, 3.8) is 0 Å². The molecule has 1 fully saturated rings. The minimum absolute atomic E-state index is 0.186. The van der Waals surface area contributed by atoms with Crippen LogP contribution in [0.1, 0.15) is 26.7 Å². The van der Waals surface area contributed by atoms with Gasteiger partial charge in [0.2, 0.25) is 5.91 Å². The number of nitrogens with two attached hydrogens (primary N) is 1. The molecule has 102 valence electrons. The van der Waals surface area contributed by atoms with Crippen LogP contribution >= 0.6 is 0 Å². The lowest BCUT2D eigenvalue weighted by Crippen LogP contribution is -2.47. The fraction of sp³-hybridized carbons (Fsp3) is 0.727. The average Bonchev–Trinajstić information content (AvgIpc) is 2.73. The molecule has 2 atom stereocenters. The lowest BCUT2D eigenvalue weighted by atomic mass is 10.1. The molecular formula is C11H18N2O5. The molecule has 2 amide bonds. The molecule has 0 radical (unpaired) electrons. The lowest BCUT2D eigenvalue weighted by Gasteiger charge is -2.27. The SMILES string of the molecule is CC(C)N(CC(N)=O)C(=O)[C@@H]1CC[C@H](C(=O)O)O1. The average molecular weight is 258 g/mol. The van der Waals surface area contributed by atoms with E-state index < -0.39 is 24.1 Å². The van der Waals surface area contributed by atoms with Crippen LogP contribution in [0.5, 0.6) is 0 Å². The van der Waals surface area contributed by atoms with E-state index in [4.69, 9.17) is 15.6 Å². The smallest absolute Gasteiger partial charge is 0.332 e. The maximum atomic E-state index is 12.1. The monoisotopic (exact) mass is 258 g/mol. The predicted molar refractivity (Wildman–Crippen MR) is 61.6 cm³/mol. The first-order valence-electron chi connectivity index (χ1n) is 5.80. The highest BCUT2D eigenvalue weighted by molar-refractivity contribution is 5.87. The van der Waals surface area contributed by atoms with Gasteiger partial charge in [-0.25, -0.2) is 4.79 Å². The fourth-order valence-corrected chi connectivity index (χ4v) is 1.87. The van der Waals surface area contributed by atoms with Gasteiger partial charge in [-0.1, -0.05) is 0 Å². The van der Waals surface area contributed by atoms with Crippen molar-refractivity contribution in [1.29, 1.82) is 0 Å². The van der Waals surface area contributed by atoms with Crippen LogP contribution in [0.15, 0.2) is 0 Å². The Kier molecular flexibility index (Phi) is 4.66. The van der Waals surface area contributed by atoms with Gasteiger partial charge in [-0.05, 0) is 26.7 Å². The summed E-state index contributed by atoms with van der Waals surface area (Å²) in [5.41, 5.74) is 5.08. The Morgan fingerprint density at radius 2 is 1.89 bits per heavy atom. The van der Waals surface area contributed by atoms with Gasteiger partial charge in [0.25, 0.3) is 5.91 Å². The van der Waals surface area contributed by atoms with Crippen molar-refractivity contribution in [2.75, 3.05) is 6.54 Å². The Labute approximate surface area is 105 Å². The third-order valence-corrected chi connectivity index (χ3v) is 2.80. The summed E-state index contributed by atoms with van der Waals surface area (Å²) in [6.07, 6.45) is -1.10. The van der Waals surface area contributed by atoms with Crippen molar-refractivity contribution < 1.29 is 24.2 Å². The van der Waals surface area contributed by atoms with Crippen LogP contribution in [0.4, 0.5) is 0 Å². The summed E-state index contributed by atoms with van der Waals surface area (Å²) in [5, 5.41) is 8.78. The molecule has 0 aromatic heterocycles. The van der Waals surface area contributed by atoms with Crippen LogP contribution in [0.25, 0.3) is 0 Å². The molecule has 3 N–H and O–H groups in total. The first-order chi connectivity index (χ1) is 8.32. The summed E-state index contributed by atoms with van der Waals surface area (Å²) in [6.45, 7) is 3.32. The molecule has 7 heteroatoms. The summed E-state index contributed by atoms with van der Waals surface area (Å²) >= 11 is 0.